The molecule has 2 saturated heterocycles. The van der Waals surface area contributed by atoms with Gasteiger partial charge in [0.25, 0.3) is 0 Å². The number of rotatable bonds is 10. The SMILES string of the molecule is CNCCCCCCN1CCC2CC(C1)N(C(C)OC(C)C)C2. The molecule has 1 N–H and O–H groups in total. The van der Waals surface area contributed by atoms with Gasteiger partial charge in [0.2, 0.25) is 0 Å². The minimum Gasteiger partial charge on any atom is -0.361 e. The molecule has 2 aliphatic rings. The van der Waals surface area contributed by atoms with Gasteiger partial charge in [0.05, 0.1) is 6.10 Å². The largest absolute Gasteiger partial charge is 0.361 e. The molecule has 0 amide bonds. The van der Waals surface area contributed by atoms with Crippen molar-refractivity contribution in [2.75, 3.05) is 39.8 Å². The predicted molar refractivity (Wildman–Crippen MR) is 97.7 cm³/mol. The molecular weight excluding hydrogens is 286 g/mol. The van der Waals surface area contributed by atoms with Crippen molar-refractivity contribution in [1.29, 1.82) is 0 Å². The molecule has 23 heavy (non-hydrogen) atoms. The Labute approximate surface area is 143 Å². The lowest BCUT2D eigenvalue weighted by atomic mass is 10.0. The minimum atomic E-state index is 0.270. The first-order chi connectivity index (χ1) is 11.1. The highest BCUT2D eigenvalue weighted by Gasteiger charge is 2.38. The zero-order valence-electron chi connectivity index (χ0n) is 15.9. The third-order valence-corrected chi connectivity index (χ3v) is 5.45. The van der Waals surface area contributed by atoms with Crippen molar-refractivity contribution in [1.82, 2.24) is 15.1 Å². The molecule has 0 aliphatic carbocycles. The van der Waals surface area contributed by atoms with Crippen LogP contribution < -0.4 is 5.32 Å². The number of hydrogen-bond donors (Lipinski definition) is 1. The Bertz CT molecular complexity index is 324. The average Bonchev–Trinajstić information content (AvgIpc) is 2.78. The monoisotopic (exact) mass is 325 g/mol. The molecule has 2 rings (SSSR count). The highest BCUT2D eigenvalue weighted by Crippen LogP contribution is 2.32. The van der Waals surface area contributed by atoms with E-state index in [9.17, 15) is 0 Å². The van der Waals surface area contributed by atoms with Crippen molar-refractivity contribution in [3.8, 4) is 0 Å². The highest BCUT2D eigenvalue weighted by molar-refractivity contribution is 4.91. The second-order valence-corrected chi connectivity index (χ2v) is 7.84. The molecule has 0 saturated carbocycles. The van der Waals surface area contributed by atoms with E-state index in [-0.39, 0.29) is 6.23 Å². The van der Waals surface area contributed by atoms with Gasteiger partial charge in [-0.05, 0) is 79.1 Å². The Kier molecular flexibility index (Phi) is 8.31. The van der Waals surface area contributed by atoms with Gasteiger partial charge >= 0.3 is 0 Å². The second kappa shape index (κ2) is 9.97. The second-order valence-electron chi connectivity index (χ2n) is 7.84. The van der Waals surface area contributed by atoms with Crippen LogP contribution in [0.4, 0.5) is 0 Å². The smallest absolute Gasteiger partial charge is 0.108 e. The third-order valence-electron chi connectivity index (χ3n) is 5.45. The van der Waals surface area contributed by atoms with E-state index >= 15 is 0 Å². The van der Waals surface area contributed by atoms with E-state index in [2.05, 4.69) is 35.9 Å². The number of ether oxygens (including phenoxy) is 1. The van der Waals surface area contributed by atoms with E-state index in [1.54, 1.807) is 0 Å². The molecule has 2 heterocycles. The molecule has 0 aromatic heterocycles. The van der Waals surface area contributed by atoms with Crippen molar-refractivity contribution in [3.63, 3.8) is 0 Å². The summed E-state index contributed by atoms with van der Waals surface area (Å²) in [5.74, 6) is 0.888. The zero-order valence-corrected chi connectivity index (χ0v) is 15.9. The van der Waals surface area contributed by atoms with Crippen molar-refractivity contribution < 1.29 is 4.74 Å². The summed E-state index contributed by atoms with van der Waals surface area (Å²) in [4.78, 5) is 5.35. The molecule has 2 fully saturated rings. The number of likely N-dealkylation sites (tertiary alicyclic amines) is 2. The molecule has 2 bridgehead atoms. The lowest BCUT2D eigenvalue weighted by Crippen LogP contribution is -2.47. The summed E-state index contributed by atoms with van der Waals surface area (Å²) < 4.78 is 6.06. The van der Waals surface area contributed by atoms with Crippen LogP contribution in [0.2, 0.25) is 0 Å². The fraction of sp³-hybridized carbons (Fsp3) is 1.00. The Morgan fingerprint density at radius 3 is 2.61 bits per heavy atom. The lowest BCUT2D eigenvalue weighted by molar-refractivity contribution is -0.0875. The maximum atomic E-state index is 6.06. The molecule has 3 unspecified atom stereocenters. The fourth-order valence-electron chi connectivity index (χ4n) is 4.30. The van der Waals surface area contributed by atoms with Crippen LogP contribution in [0.15, 0.2) is 0 Å². The van der Waals surface area contributed by atoms with E-state index in [4.69, 9.17) is 4.74 Å². The molecule has 136 valence electrons. The van der Waals surface area contributed by atoms with Crippen molar-refractivity contribution >= 4 is 0 Å². The molecule has 0 aromatic rings. The first kappa shape index (κ1) is 19.2. The standard InChI is InChI=1S/C19H39N3O/c1-16(2)23-17(3)22-14-18-9-12-21(15-19(22)13-18)11-8-6-5-7-10-20-4/h16-20H,5-15H2,1-4H3. The van der Waals surface area contributed by atoms with Crippen LogP contribution in [-0.2, 0) is 4.74 Å². The van der Waals surface area contributed by atoms with Gasteiger partial charge in [-0.25, -0.2) is 0 Å². The molecule has 0 spiro atoms. The number of hydrogen-bond acceptors (Lipinski definition) is 4. The van der Waals surface area contributed by atoms with Crippen molar-refractivity contribution in [2.24, 2.45) is 5.92 Å². The van der Waals surface area contributed by atoms with E-state index in [1.165, 1.54) is 64.7 Å². The van der Waals surface area contributed by atoms with E-state index in [1.807, 2.05) is 7.05 Å². The maximum absolute atomic E-state index is 6.06. The maximum Gasteiger partial charge on any atom is 0.108 e. The number of fused-ring (bicyclic) bond motifs is 2. The van der Waals surface area contributed by atoms with Gasteiger partial charge in [0.1, 0.15) is 6.23 Å². The Morgan fingerprint density at radius 1 is 1.09 bits per heavy atom. The van der Waals surface area contributed by atoms with Gasteiger partial charge in [-0.3, -0.25) is 4.90 Å². The summed E-state index contributed by atoms with van der Waals surface area (Å²) in [6, 6.07) is 0.709. The molecule has 2 aliphatic heterocycles. The minimum absolute atomic E-state index is 0.270. The summed E-state index contributed by atoms with van der Waals surface area (Å²) in [5.41, 5.74) is 0. The van der Waals surface area contributed by atoms with Crippen molar-refractivity contribution in [3.05, 3.63) is 0 Å². The average molecular weight is 326 g/mol. The summed E-state index contributed by atoms with van der Waals surface area (Å²) in [5, 5.41) is 3.24. The van der Waals surface area contributed by atoms with Crippen LogP contribution >= 0.6 is 0 Å². The van der Waals surface area contributed by atoms with Crippen LogP contribution in [0.3, 0.4) is 0 Å². The fourth-order valence-corrected chi connectivity index (χ4v) is 4.30. The first-order valence-corrected chi connectivity index (χ1v) is 9.88. The molecule has 4 nitrogen and oxygen atoms in total. The molecule has 0 radical (unpaired) electrons. The van der Waals surface area contributed by atoms with Gasteiger partial charge in [0.15, 0.2) is 0 Å². The van der Waals surface area contributed by atoms with E-state index < -0.39 is 0 Å². The molecule has 4 heteroatoms. The third kappa shape index (κ3) is 6.33. The normalized spacial score (nSPS) is 27.5. The molecule has 0 aromatic carbocycles. The number of nitrogens with one attached hydrogen (secondary N) is 1. The van der Waals surface area contributed by atoms with Gasteiger partial charge in [0, 0.05) is 19.1 Å². The Balaban J connectivity index is 1.72. The lowest BCUT2D eigenvalue weighted by Gasteiger charge is -2.35. The Hall–Kier alpha value is -0.160. The Morgan fingerprint density at radius 2 is 1.87 bits per heavy atom. The van der Waals surface area contributed by atoms with Crippen LogP contribution in [0.5, 0.6) is 0 Å². The van der Waals surface area contributed by atoms with Gasteiger partial charge in [-0.15, -0.1) is 0 Å². The van der Waals surface area contributed by atoms with Crippen LogP contribution in [0.25, 0.3) is 0 Å². The first-order valence-electron chi connectivity index (χ1n) is 9.88. The van der Waals surface area contributed by atoms with Crippen molar-refractivity contribution in [2.45, 2.75) is 77.7 Å². The number of nitrogens with zero attached hydrogens (tertiary/aromatic N) is 2. The zero-order chi connectivity index (χ0) is 16.7. The van der Waals surface area contributed by atoms with E-state index in [0.717, 1.165) is 12.5 Å². The van der Waals surface area contributed by atoms with E-state index in [0.29, 0.717) is 12.1 Å². The predicted octanol–water partition coefficient (Wildman–Crippen LogP) is 2.93. The number of unbranched alkanes of at least 4 members (excludes halogenated alkanes) is 3. The van der Waals surface area contributed by atoms with Gasteiger partial charge < -0.3 is 15.0 Å². The van der Waals surface area contributed by atoms with Crippen LogP contribution in [0.1, 0.15) is 59.3 Å². The van der Waals surface area contributed by atoms with Gasteiger partial charge in [-0.2, -0.15) is 0 Å². The topological polar surface area (TPSA) is 27.7 Å². The van der Waals surface area contributed by atoms with Gasteiger partial charge in [-0.1, -0.05) is 12.8 Å². The summed E-state index contributed by atoms with van der Waals surface area (Å²) in [7, 11) is 2.04. The van der Waals surface area contributed by atoms with Crippen LogP contribution in [-0.4, -0.2) is 67.9 Å². The summed E-state index contributed by atoms with van der Waals surface area (Å²) >= 11 is 0. The molecular formula is C19H39N3O. The summed E-state index contributed by atoms with van der Waals surface area (Å²) in [6.45, 7) is 12.8. The molecule has 3 atom stereocenters. The van der Waals surface area contributed by atoms with Crippen LogP contribution in [0, 0.1) is 5.92 Å². The quantitative estimate of drug-likeness (QED) is 0.625. The summed E-state index contributed by atoms with van der Waals surface area (Å²) in [6.07, 6.45) is 8.77. The highest BCUT2D eigenvalue weighted by atomic mass is 16.5.